The number of nitrogens with one attached hydrogen (secondary N) is 1. The van der Waals surface area contributed by atoms with Gasteiger partial charge in [-0.05, 0) is 32.6 Å². The summed E-state index contributed by atoms with van der Waals surface area (Å²) in [5.41, 5.74) is -0.595. The molecule has 0 bridgehead atoms. The third-order valence-electron chi connectivity index (χ3n) is 2.78. The summed E-state index contributed by atoms with van der Waals surface area (Å²) in [6.45, 7) is 4.81. The molecule has 0 aliphatic heterocycles. The Kier molecular flexibility index (Phi) is 8.64. The molecule has 102 valence electrons. The topological polar surface area (TPSA) is 47.6 Å². The van der Waals surface area contributed by atoms with Gasteiger partial charge in [0.15, 0.2) is 0 Å². The van der Waals surface area contributed by atoms with E-state index >= 15 is 0 Å². The molecular formula is C12H25NO3S. The van der Waals surface area contributed by atoms with Gasteiger partial charge in [-0.25, -0.2) is 0 Å². The van der Waals surface area contributed by atoms with Crippen molar-refractivity contribution in [1.82, 2.24) is 5.32 Å². The van der Waals surface area contributed by atoms with Crippen molar-refractivity contribution in [3.63, 3.8) is 0 Å². The molecule has 4 nitrogen and oxygen atoms in total. The Morgan fingerprint density at radius 1 is 1.47 bits per heavy atom. The largest absolute Gasteiger partial charge is 0.468 e. The van der Waals surface area contributed by atoms with Crippen molar-refractivity contribution in [3.05, 3.63) is 0 Å². The fourth-order valence-electron chi connectivity index (χ4n) is 1.63. The van der Waals surface area contributed by atoms with Crippen LogP contribution in [0.1, 0.15) is 26.7 Å². The van der Waals surface area contributed by atoms with E-state index in [-0.39, 0.29) is 5.97 Å². The predicted molar refractivity (Wildman–Crippen MR) is 72.5 cm³/mol. The molecule has 0 radical (unpaired) electrons. The molecule has 17 heavy (non-hydrogen) atoms. The van der Waals surface area contributed by atoms with Crippen LogP contribution in [0, 0.1) is 0 Å². The minimum atomic E-state index is -0.595. The smallest absolute Gasteiger partial charge is 0.325 e. The van der Waals surface area contributed by atoms with Crippen molar-refractivity contribution in [2.75, 3.05) is 33.6 Å². The summed E-state index contributed by atoms with van der Waals surface area (Å²) in [4.78, 5) is 11.7. The molecule has 2 atom stereocenters. The standard InChI is InChI=1S/C12H25NO3S/c1-10(17-8-6-7-15-4)9-12(2,13-3)11(14)16-5/h10,13H,6-9H2,1-5H3. The van der Waals surface area contributed by atoms with Gasteiger partial charge in [-0.3, -0.25) is 4.79 Å². The van der Waals surface area contributed by atoms with E-state index in [0.29, 0.717) is 5.25 Å². The molecular weight excluding hydrogens is 238 g/mol. The first-order chi connectivity index (χ1) is 8.00. The molecule has 0 fully saturated rings. The van der Waals surface area contributed by atoms with Crippen molar-refractivity contribution in [1.29, 1.82) is 0 Å². The minimum absolute atomic E-state index is 0.204. The molecule has 0 amide bonds. The highest BCUT2D eigenvalue weighted by Gasteiger charge is 2.34. The van der Waals surface area contributed by atoms with E-state index in [1.807, 2.05) is 18.7 Å². The molecule has 0 saturated carbocycles. The van der Waals surface area contributed by atoms with E-state index in [2.05, 4.69) is 12.2 Å². The Morgan fingerprint density at radius 2 is 2.12 bits per heavy atom. The van der Waals surface area contributed by atoms with Gasteiger partial charge >= 0.3 is 5.97 Å². The van der Waals surface area contributed by atoms with Crippen LogP contribution in [0.3, 0.4) is 0 Å². The zero-order valence-corrected chi connectivity index (χ0v) is 12.4. The van der Waals surface area contributed by atoms with Crippen molar-refractivity contribution in [3.8, 4) is 0 Å². The zero-order chi connectivity index (χ0) is 13.3. The lowest BCUT2D eigenvalue weighted by Gasteiger charge is -2.28. The Morgan fingerprint density at radius 3 is 2.59 bits per heavy atom. The lowest BCUT2D eigenvalue weighted by Crippen LogP contribution is -2.49. The average Bonchev–Trinajstić information content (AvgIpc) is 2.33. The summed E-state index contributed by atoms with van der Waals surface area (Å²) < 4.78 is 9.82. The second kappa shape index (κ2) is 8.78. The van der Waals surface area contributed by atoms with Gasteiger partial charge < -0.3 is 14.8 Å². The number of likely N-dealkylation sites (N-methyl/N-ethyl adjacent to an activating group) is 1. The highest BCUT2D eigenvalue weighted by Crippen LogP contribution is 2.23. The number of methoxy groups -OCH3 is 2. The van der Waals surface area contributed by atoms with Crippen LogP contribution >= 0.6 is 11.8 Å². The van der Waals surface area contributed by atoms with Crippen LogP contribution in [0.4, 0.5) is 0 Å². The molecule has 0 spiro atoms. The lowest BCUT2D eigenvalue weighted by atomic mass is 9.96. The Balaban J connectivity index is 4.05. The van der Waals surface area contributed by atoms with Gasteiger partial charge in [0.05, 0.1) is 7.11 Å². The molecule has 0 aliphatic carbocycles. The quantitative estimate of drug-likeness (QED) is 0.507. The van der Waals surface area contributed by atoms with E-state index < -0.39 is 5.54 Å². The highest BCUT2D eigenvalue weighted by atomic mass is 32.2. The third-order valence-corrected chi connectivity index (χ3v) is 4.04. The Hall–Kier alpha value is -0.260. The molecule has 0 aromatic carbocycles. The number of hydrogen-bond donors (Lipinski definition) is 1. The molecule has 0 saturated heterocycles. The zero-order valence-electron chi connectivity index (χ0n) is 11.5. The fraction of sp³-hybridized carbons (Fsp3) is 0.917. The fourth-order valence-corrected chi connectivity index (χ4v) is 2.77. The second-order valence-corrected chi connectivity index (χ2v) is 5.85. The molecule has 1 N–H and O–H groups in total. The Labute approximate surface area is 109 Å². The van der Waals surface area contributed by atoms with Crippen LogP contribution in [-0.4, -0.2) is 50.4 Å². The van der Waals surface area contributed by atoms with Gasteiger partial charge in [-0.2, -0.15) is 11.8 Å². The van der Waals surface area contributed by atoms with Crippen molar-refractivity contribution < 1.29 is 14.3 Å². The number of carbonyl (C=O) groups is 1. The van der Waals surface area contributed by atoms with E-state index in [0.717, 1.165) is 25.2 Å². The maximum absolute atomic E-state index is 11.7. The first kappa shape index (κ1) is 16.7. The van der Waals surface area contributed by atoms with Gasteiger partial charge in [-0.15, -0.1) is 0 Å². The molecule has 0 heterocycles. The SMILES string of the molecule is CNC(C)(CC(C)SCCCOC)C(=O)OC. The lowest BCUT2D eigenvalue weighted by molar-refractivity contribution is -0.147. The van der Waals surface area contributed by atoms with E-state index in [1.165, 1.54) is 7.11 Å². The summed E-state index contributed by atoms with van der Waals surface area (Å²) in [6.07, 6.45) is 1.80. The number of hydrogen-bond acceptors (Lipinski definition) is 5. The summed E-state index contributed by atoms with van der Waals surface area (Å²) in [5, 5.41) is 3.45. The molecule has 0 aromatic rings. The molecule has 5 heteroatoms. The van der Waals surface area contributed by atoms with Gasteiger partial charge in [-0.1, -0.05) is 6.92 Å². The van der Waals surface area contributed by atoms with E-state index in [9.17, 15) is 4.79 Å². The summed E-state index contributed by atoms with van der Waals surface area (Å²) in [5.74, 6) is 0.847. The number of thioether (sulfide) groups is 1. The first-order valence-electron chi connectivity index (χ1n) is 5.88. The van der Waals surface area contributed by atoms with Gasteiger partial charge in [0.1, 0.15) is 5.54 Å². The molecule has 0 aliphatic rings. The van der Waals surface area contributed by atoms with Crippen LogP contribution in [0.2, 0.25) is 0 Å². The van der Waals surface area contributed by atoms with Gasteiger partial charge in [0.2, 0.25) is 0 Å². The van der Waals surface area contributed by atoms with E-state index in [1.54, 1.807) is 14.2 Å². The number of rotatable bonds is 9. The van der Waals surface area contributed by atoms with Crippen LogP contribution in [0.5, 0.6) is 0 Å². The number of ether oxygens (including phenoxy) is 2. The monoisotopic (exact) mass is 263 g/mol. The molecule has 2 unspecified atom stereocenters. The van der Waals surface area contributed by atoms with Crippen molar-refractivity contribution in [2.24, 2.45) is 0 Å². The normalized spacial score (nSPS) is 16.3. The van der Waals surface area contributed by atoms with Crippen LogP contribution in [-0.2, 0) is 14.3 Å². The number of carbonyl (C=O) groups excluding carboxylic acids is 1. The first-order valence-corrected chi connectivity index (χ1v) is 6.93. The van der Waals surface area contributed by atoms with Crippen LogP contribution in [0.25, 0.3) is 0 Å². The second-order valence-electron chi connectivity index (χ2n) is 4.31. The maximum atomic E-state index is 11.7. The molecule has 0 rings (SSSR count). The maximum Gasteiger partial charge on any atom is 0.325 e. The summed E-state index contributed by atoms with van der Waals surface area (Å²) >= 11 is 1.86. The number of esters is 1. The van der Waals surface area contributed by atoms with Crippen LogP contribution in [0.15, 0.2) is 0 Å². The molecule has 0 aromatic heterocycles. The summed E-state index contributed by atoms with van der Waals surface area (Å²) in [7, 11) is 4.93. The highest BCUT2D eigenvalue weighted by molar-refractivity contribution is 7.99. The Bertz CT molecular complexity index is 226. The van der Waals surface area contributed by atoms with Gasteiger partial charge in [0.25, 0.3) is 0 Å². The van der Waals surface area contributed by atoms with Crippen molar-refractivity contribution >= 4 is 17.7 Å². The van der Waals surface area contributed by atoms with Crippen molar-refractivity contribution in [2.45, 2.75) is 37.5 Å². The minimum Gasteiger partial charge on any atom is -0.468 e. The van der Waals surface area contributed by atoms with E-state index in [4.69, 9.17) is 9.47 Å². The average molecular weight is 263 g/mol. The third kappa shape index (κ3) is 6.29. The predicted octanol–water partition coefficient (Wildman–Crippen LogP) is 1.69. The summed E-state index contributed by atoms with van der Waals surface area (Å²) in [6, 6.07) is 0. The van der Waals surface area contributed by atoms with Gasteiger partial charge in [0, 0.05) is 19.0 Å². The van der Waals surface area contributed by atoms with Crippen LogP contribution < -0.4 is 5.32 Å².